The van der Waals surface area contributed by atoms with Gasteiger partial charge in [-0.15, -0.1) is 11.6 Å². The van der Waals surface area contributed by atoms with E-state index < -0.39 is 0 Å². The predicted octanol–water partition coefficient (Wildman–Crippen LogP) is 3.69. The van der Waals surface area contributed by atoms with Crippen molar-refractivity contribution in [3.05, 3.63) is 17.6 Å². The van der Waals surface area contributed by atoms with Gasteiger partial charge in [-0.1, -0.05) is 19.8 Å². The Labute approximate surface area is 114 Å². The monoisotopic (exact) mass is 267 g/mol. The van der Waals surface area contributed by atoms with E-state index in [1.807, 2.05) is 19.9 Å². The van der Waals surface area contributed by atoms with Gasteiger partial charge in [-0.3, -0.25) is 0 Å². The van der Waals surface area contributed by atoms with Gasteiger partial charge in [-0.2, -0.15) is 0 Å². The molecule has 3 nitrogen and oxygen atoms in total. The van der Waals surface area contributed by atoms with E-state index in [1.165, 1.54) is 12.8 Å². The zero-order chi connectivity index (χ0) is 13.2. The molecule has 1 aromatic heterocycles. The molecule has 1 N–H and O–H groups in total. The van der Waals surface area contributed by atoms with Gasteiger partial charge in [-0.05, 0) is 32.6 Å². The van der Waals surface area contributed by atoms with Crippen LogP contribution in [0.2, 0.25) is 0 Å². The summed E-state index contributed by atoms with van der Waals surface area (Å²) in [4.78, 5) is 8.77. The molecule has 2 atom stereocenters. The minimum Gasteiger partial charge on any atom is -0.363 e. The number of hydrogen-bond donors (Lipinski definition) is 1. The molecule has 4 heteroatoms. The fourth-order valence-corrected chi connectivity index (χ4v) is 3.29. The smallest absolute Gasteiger partial charge is 0.130 e. The largest absolute Gasteiger partial charge is 0.363 e. The van der Waals surface area contributed by atoms with Crippen LogP contribution < -0.4 is 5.32 Å². The maximum Gasteiger partial charge on any atom is 0.130 e. The molecule has 2 unspecified atom stereocenters. The number of alkyl halides is 1. The van der Waals surface area contributed by atoms with Gasteiger partial charge >= 0.3 is 0 Å². The van der Waals surface area contributed by atoms with E-state index >= 15 is 0 Å². The predicted molar refractivity (Wildman–Crippen MR) is 76.2 cm³/mol. The van der Waals surface area contributed by atoms with Gasteiger partial charge in [0.2, 0.25) is 0 Å². The Morgan fingerprint density at radius 1 is 1.44 bits per heavy atom. The van der Waals surface area contributed by atoms with E-state index in [4.69, 9.17) is 11.6 Å². The lowest BCUT2D eigenvalue weighted by molar-refractivity contribution is 0.279. The minimum absolute atomic E-state index is 0.00640. The molecule has 1 fully saturated rings. The van der Waals surface area contributed by atoms with Crippen molar-refractivity contribution in [1.29, 1.82) is 0 Å². The summed E-state index contributed by atoms with van der Waals surface area (Å²) in [6.45, 7) is 6.23. The second kappa shape index (κ2) is 5.43. The first-order chi connectivity index (χ1) is 8.53. The van der Waals surface area contributed by atoms with Gasteiger partial charge in [0.1, 0.15) is 11.6 Å². The van der Waals surface area contributed by atoms with Crippen LogP contribution in [-0.4, -0.2) is 21.4 Å². The van der Waals surface area contributed by atoms with E-state index in [-0.39, 0.29) is 5.54 Å². The summed E-state index contributed by atoms with van der Waals surface area (Å²) in [5, 5.41) is 3.57. The molecule has 0 aromatic carbocycles. The first-order valence-electron chi connectivity index (χ1n) is 6.69. The highest BCUT2D eigenvalue weighted by Crippen LogP contribution is 2.35. The van der Waals surface area contributed by atoms with Crippen molar-refractivity contribution in [2.45, 2.75) is 52.0 Å². The number of aryl methyl sites for hydroxylation is 2. The molecular weight excluding hydrogens is 246 g/mol. The van der Waals surface area contributed by atoms with Crippen LogP contribution in [0.1, 0.15) is 44.1 Å². The van der Waals surface area contributed by atoms with Crippen molar-refractivity contribution in [2.24, 2.45) is 5.92 Å². The zero-order valence-corrected chi connectivity index (χ0v) is 12.2. The lowest BCUT2D eigenvalue weighted by Crippen LogP contribution is -2.44. The fraction of sp³-hybridized carbons (Fsp3) is 0.714. The van der Waals surface area contributed by atoms with Crippen molar-refractivity contribution in [3.8, 4) is 0 Å². The van der Waals surface area contributed by atoms with Gasteiger partial charge in [0, 0.05) is 17.6 Å². The molecular formula is C14H22ClN3. The number of aromatic nitrogens is 2. The van der Waals surface area contributed by atoms with Gasteiger partial charge in [0.25, 0.3) is 0 Å². The van der Waals surface area contributed by atoms with Crippen molar-refractivity contribution < 1.29 is 0 Å². The Hall–Kier alpha value is -0.830. The molecule has 100 valence electrons. The Morgan fingerprint density at radius 2 is 2.22 bits per heavy atom. The minimum atomic E-state index is 0.00640. The SMILES string of the molecule is Cc1cc(NC2(CCl)CCCC(C)C2)nc(C)n1. The standard InChI is InChI=1S/C14H22ClN3/c1-10-5-4-6-14(8-10,9-15)18-13-7-11(2)16-12(3)17-13/h7,10H,4-6,8-9H2,1-3H3,(H,16,17,18). The number of halogens is 1. The van der Waals surface area contributed by atoms with E-state index in [9.17, 15) is 0 Å². The highest BCUT2D eigenvalue weighted by atomic mass is 35.5. The summed E-state index contributed by atoms with van der Waals surface area (Å²) >= 11 is 6.23. The molecule has 0 saturated heterocycles. The Morgan fingerprint density at radius 3 is 2.83 bits per heavy atom. The van der Waals surface area contributed by atoms with E-state index in [2.05, 4.69) is 22.2 Å². The summed E-state index contributed by atoms with van der Waals surface area (Å²) in [5.41, 5.74) is 1.01. The summed E-state index contributed by atoms with van der Waals surface area (Å²) < 4.78 is 0. The van der Waals surface area contributed by atoms with Crippen molar-refractivity contribution in [3.63, 3.8) is 0 Å². The molecule has 1 heterocycles. The van der Waals surface area contributed by atoms with Gasteiger partial charge in [0.15, 0.2) is 0 Å². The third-order valence-corrected chi connectivity index (χ3v) is 4.22. The number of hydrogen-bond acceptors (Lipinski definition) is 3. The molecule has 18 heavy (non-hydrogen) atoms. The van der Waals surface area contributed by atoms with Crippen molar-refractivity contribution in [1.82, 2.24) is 9.97 Å². The second-order valence-corrected chi connectivity index (χ2v) is 5.95. The molecule has 0 aliphatic heterocycles. The first-order valence-corrected chi connectivity index (χ1v) is 7.23. The highest BCUT2D eigenvalue weighted by molar-refractivity contribution is 6.18. The van der Waals surface area contributed by atoms with Crippen LogP contribution in [0, 0.1) is 19.8 Å². The quantitative estimate of drug-likeness (QED) is 0.849. The van der Waals surface area contributed by atoms with Crippen LogP contribution >= 0.6 is 11.6 Å². The first kappa shape index (κ1) is 13.6. The lowest BCUT2D eigenvalue weighted by Gasteiger charge is -2.39. The van der Waals surface area contributed by atoms with E-state index in [0.29, 0.717) is 5.88 Å². The molecule has 1 saturated carbocycles. The van der Waals surface area contributed by atoms with Crippen molar-refractivity contribution in [2.75, 3.05) is 11.2 Å². The number of rotatable bonds is 3. The summed E-state index contributed by atoms with van der Waals surface area (Å²) in [5.74, 6) is 3.09. The van der Waals surface area contributed by atoms with Gasteiger partial charge in [0.05, 0.1) is 5.54 Å². The van der Waals surface area contributed by atoms with Crippen molar-refractivity contribution >= 4 is 17.4 Å². The molecule has 0 bridgehead atoms. The summed E-state index contributed by atoms with van der Waals surface area (Å²) in [6, 6.07) is 2.00. The second-order valence-electron chi connectivity index (χ2n) is 5.68. The number of nitrogens with zero attached hydrogens (tertiary/aromatic N) is 2. The zero-order valence-electron chi connectivity index (χ0n) is 11.5. The average molecular weight is 268 g/mol. The van der Waals surface area contributed by atoms with Crippen LogP contribution in [0.15, 0.2) is 6.07 Å². The fourth-order valence-electron chi connectivity index (χ4n) is 2.98. The summed E-state index contributed by atoms with van der Waals surface area (Å²) in [6.07, 6.45) is 4.80. The maximum atomic E-state index is 6.23. The molecule has 0 radical (unpaired) electrons. The van der Waals surface area contributed by atoms with Crippen LogP contribution in [0.25, 0.3) is 0 Å². The Kier molecular flexibility index (Phi) is 4.10. The Balaban J connectivity index is 2.18. The lowest BCUT2D eigenvalue weighted by atomic mass is 9.77. The third kappa shape index (κ3) is 3.14. The number of anilines is 1. The maximum absolute atomic E-state index is 6.23. The molecule has 2 rings (SSSR count). The molecule has 1 aliphatic rings. The van der Waals surface area contributed by atoms with Crippen LogP contribution in [0.5, 0.6) is 0 Å². The van der Waals surface area contributed by atoms with Gasteiger partial charge in [-0.25, -0.2) is 9.97 Å². The Bertz CT molecular complexity index is 401. The third-order valence-electron chi connectivity index (χ3n) is 3.71. The van der Waals surface area contributed by atoms with E-state index in [0.717, 1.165) is 36.1 Å². The van der Waals surface area contributed by atoms with Crippen LogP contribution in [-0.2, 0) is 0 Å². The molecule has 1 aliphatic carbocycles. The van der Waals surface area contributed by atoms with Gasteiger partial charge < -0.3 is 5.32 Å². The molecule has 0 amide bonds. The van der Waals surface area contributed by atoms with Crippen LogP contribution in [0.3, 0.4) is 0 Å². The topological polar surface area (TPSA) is 37.8 Å². The van der Waals surface area contributed by atoms with E-state index in [1.54, 1.807) is 0 Å². The highest BCUT2D eigenvalue weighted by Gasteiger charge is 2.34. The molecule has 0 spiro atoms. The molecule has 1 aromatic rings. The number of nitrogens with one attached hydrogen (secondary N) is 1. The normalized spacial score (nSPS) is 28.1. The average Bonchev–Trinajstić information content (AvgIpc) is 2.27. The van der Waals surface area contributed by atoms with Crippen LogP contribution in [0.4, 0.5) is 5.82 Å². The summed E-state index contributed by atoms with van der Waals surface area (Å²) in [7, 11) is 0.